The molecule has 2 aromatic rings. The standard InChI is InChI=1S/C19H25NO/c1-6-20-19(18-13(2)8-7-9-14(18)3)16-10-11-17(21-5)15(4)12-16/h7-12,19-20H,6H2,1-5H3. The monoisotopic (exact) mass is 283 g/mol. The average Bonchev–Trinajstić information content (AvgIpc) is 2.46. The molecule has 1 atom stereocenters. The molecule has 0 amide bonds. The van der Waals surface area contributed by atoms with Crippen molar-refractivity contribution < 1.29 is 4.74 Å². The molecule has 0 spiro atoms. The topological polar surface area (TPSA) is 21.3 Å². The van der Waals surface area contributed by atoms with E-state index in [1.807, 2.05) is 0 Å². The molecular weight excluding hydrogens is 258 g/mol. The maximum atomic E-state index is 5.37. The fourth-order valence-electron chi connectivity index (χ4n) is 2.95. The third kappa shape index (κ3) is 3.27. The van der Waals surface area contributed by atoms with Gasteiger partial charge in [-0.15, -0.1) is 0 Å². The van der Waals surface area contributed by atoms with Crippen LogP contribution < -0.4 is 10.1 Å². The van der Waals surface area contributed by atoms with Crippen LogP contribution in [0.4, 0.5) is 0 Å². The van der Waals surface area contributed by atoms with E-state index >= 15 is 0 Å². The summed E-state index contributed by atoms with van der Waals surface area (Å²) in [7, 11) is 1.72. The minimum Gasteiger partial charge on any atom is -0.496 e. The number of ether oxygens (including phenoxy) is 1. The van der Waals surface area contributed by atoms with Crippen molar-refractivity contribution >= 4 is 0 Å². The van der Waals surface area contributed by atoms with Gasteiger partial charge in [0.15, 0.2) is 0 Å². The summed E-state index contributed by atoms with van der Waals surface area (Å²) in [5, 5.41) is 3.62. The molecule has 1 N–H and O–H groups in total. The number of hydrogen-bond donors (Lipinski definition) is 1. The van der Waals surface area contributed by atoms with Crippen LogP contribution in [0.5, 0.6) is 5.75 Å². The Morgan fingerprint density at radius 1 is 1.00 bits per heavy atom. The van der Waals surface area contributed by atoms with E-state index in [2.05, 4.69) is 69.4 Å². The third-order valence-electron chi connectivity index (χ3n) is 3.99. The van der Waals surface area contributed by atoms with Crippen LogP contribution in [0.1, 0.15) is 40.8 Å². The van der Waals surface area contributed by atoms with Crippen LogP contribution in [-0.2, 0) is 0 Å². The van der Waals surface area contributed by atoms with Gasteiger partial charge in [-0.2, -0.15) is 0 Å². The van der Waals surface area contributed by atoms with E-state index in [9.17, 15) is 0 Å². The molecule has 2 aromatic carbocycles. The molecule has 0 aromatic heterocycles. The molecule has 112 valence electrons. The van der Waals surface area contributed by atoms with Crippen molar-refractivity contribution in [1.29, 1.82) is 0 Å². The number of aryl methyl sites for hydroxylation is 3. The smallest absolute Gasteiger partial charge is 0.121 e. The van der Waals surface area contributed by atoms with Crippen molar-refractivity contribution in [3.63, 3.8) is 0 Å². The molecule has 0 aliphatic rings. The molecule has 0 aliphatic carbocycles. The predicted octanol–water partition coefficient (Wildman–Crippen LogP) is 4.32. The fraction of sp³-hybridized carbons (Fsp3) is 0.368. The normalized spacial score (nSPS) is 12.2. The van der Waals surface area contributed by atoms with Crippen LogP contribution in [0.15, 0.2) is 36.4 Å². The molecule has 21 heavy (non-hydrogen) atoms. The van der Waals surface area contributed by atoms with Crippen molar-refractivity contribution in [2.45, 2.75) is 33.7 Å². The molecule has 0 saturated carbocycles. The quantitative estimate of drug-likeness (QED) is 0.882. The van der Waals surface area contributed by atoms with Gasteiger partial charge in [0.05, 0.1) is 13.2 Å². The Kier molecular flexibility index (Phi) is 5.03. The van der Waals surface area contributed by atoms with Gasteiger partial charge in [0, 0.05) is 0 Å². The Labute approximate surface area is 128 Å². The summed E-state index contributed by atoms with van der Waals surface area (Å²) in [5.41, 5.74) is 6.49. The molecule has 0 bridgehead atoms. The second-order valence-electron chi connectivity index (χ2n) is 5.53. The van der Waals surface area contributed by atoms with Crippen molar-refractivity contribution in [2.24, 2.45) is 0 Å². The molecular formula is C19H25NO. The van der Waals surface area contributed by atoms with Gasteiger partial charge in [0.25, 0.3) is 0 Å². The average molecular weight is 283 g/mol. The van der Waals surface area contributed by atoms with E-state index in [1.165, 1.54) is 27.8 Å². The van der Waals surface area contributed by atoms with Crippen molar-refractivity contribution in [3.8, 4) is 5.75 Å². The highest BCUT2D eigenvalue weighted by atomic mass is 16.5. The second kappa shape index (κ2) is 6.77. The maximum absolute atomic E-state index is 5.37. The molecule has 2 nitrogen and oxygen atoms in total. The van der Waals surface area contributed by atoms with Crippen LogP contribution in [0.25, 0.3) is 0 Å². The molecule has 0 radical (unpaired) electrons. The highest BCUT2D eigenvalue weighted by molar-refractivity contribution is 5.45. The lowest BCUT2D eigenvalue weighted by atomic mass is 9.90. The summed E-state index contributed by atoms with van der Waals surface area (Å²) < 4.78 is 5.37. The van der Waals surface area contributed by atoms with E-state index in [-0.39, 0.29) is 6.04 Å². The number of benzene rings is 2. The SMILES string of the molecule is CCNC(c1ccc(OC)c(C)c1)c1c(C)cccc1C. The van der Waals surface area contributed by atoms with E-state index in [1.54, 1.807) is 7.11 Å². The first-order valence-corrected chi connectivity index (χ1v) is 7.52. The predicted molar refractivity (Wildman–Crippen MR) is 89.2 cm³/mol. The van der Waals surface area contributed by atoms with E-state index in [0.29, 0.717) is 0 Å². The first-order chi connectivity index (χ1) is 10.1. The number of rotatable bonds is 5. The lowest BCUT2D eigenvalue weighted by molar-refractivity contribution is 0.411. The Morgan fingerprint density at radius 2 is 1.67 bits per heavy atom. The molecule has 0 aliphatic heterocycles. The molecule has 0 saturated heterocycles. The highest BCUT2D eigenvalue weighted by Crippen LogP contribution is 2.30. The highest BCUT2D eigenvalue weighted by Gasteiger charge is 2.18. The van der Waals surface area contributed by atoms with Crippen molar-refractivity contribution in [3.05, 3.63) is 64.2 Å². The molecule has 0 heterocycles. The Hall–Kier alpha value is -1.80. The molecule has 2 rings (SSSR count). The summed E-state index contributed by atoms with van der Waals surface area (Å²) in [6.07, 6.45) is 0. The first kappa shape index (κ1) is 15.6. The van der Waals surface area contributed by atoms with Crippen LogP contribution in [0.2, 0.25) is 0 Å². The van der Waals surface area contributed by atoms with Gasteiger partial charge < -0.3 is 10.1 Å². The van der Waals surface area contributed by atoms with E-state index in [0.717, 1.165) is 12.3 Å². The van der Waals surface area contributed by atoms with Gasteiger partial charge in [0.1, 0.15) is 5.75 Å². The van der Waals surface area contributed by atoms with Gasteiger partial charge >= 0.3 is 0 Å². The van der Waals surface area contributed by atoms with Gasteiger partial charge in [0.2, 0.25) is 0 Å². The zero-order chi connectivity index (χ0) is 15.4. The van der Waals surface area contributed by atoms with Gasteiger partial charge in [-0.25, -0.2) is 0 Å². The largest absolute Gasteiger partial charge is 0.496 e. The van der Waals surface area contributed by atoms with Gasteiger partial charge in [-0.3, -0.25) is 0 Å². The van der Waals surface area contributed by atoms with Gasteiger partial charge in [-0.1, -0.05) is 37.3 Å². The number of nitrogens with one attached hydrogen (secondary N) is 1. The second-order valence-corrected chi connectivity index (χ2v) is 5.53. The third-order valence-corrected chi connectivity index (χ3v) is 3.99. The van der Waals surface area contributed by atoms with Crippen molar-refractivity contribution in [2.75, 3.05) is 13.7 Å². The van der Waals surface area contributed by atoms with Gasteiger partial charge in [-0.05, 0) is 61.2 Å². The molecule has 2 heteroatoms. The Bertz CT molecular complexity index is 599. The van der Waals surface area contributed by atoms with Crippen LogP contribution in [0.3, 0.4) is 0 Å². The molecule has 0 fully saturated rings. The van der Waals surface area contributed by atoms with Crippen LogP contribution >= 0.6 is 0 Å². The van der Waals surface area contributed by atoms with E-state index < -0.39 is 0 Å². The van der Waals surface area contributed by atoms with Crippen LogP contribution in [0, 0.1) is 20.8 Å². The fourth-order valence-corrected chi connectivity index (χ4v) is 2.95. The summed E-state index contributed by atoms with van der Waals surface area (Å²) in [6, 6.07) is 13.1. The van der Waals surface area contributed by atoms with E-state index in [4.69, 9.17) is 4.74 Å². The minimum absolute atomic E-state index is 0.223. The summed E-state index contributed by atoms with van der Waals surface area (Å²) in [6.45, 7) is 9.54. The lowest BCUT2D eigenvalue weighted by Gasteiger charge is -2.24. The Morgan fingerprint density at radius 3 is 2.19 bits per heavy atom. The number of hydrogen-bond acceptors (Lipinski definition) is 2. The number of methoxy groups -OCH3 is 1. The zero-order valence-corrected chi connectivity index (χ0v) is 13.7. The Balaban J connectivity index is 2.51. The summed E-state index contributed by atoms with van der Waals surface area (Å²) >= 11 is 0. The van der Waals surface area contributed by atoms with Crippen molar-refractivity contribution in [1.82, 2.24) is 5.32 Å². The molecule has 1 unspecified atom stereocenters. The lowest BCUT2D eigenvalue weighted by Crippen LogP contribution is -2.23. The minimum atomic E-state index is 0.223. The summed E-state index contributed by atoms with van der Waals surface area (Å²) in [5.74, 6) is 0.940. The summed E-state index contributed by atoms with van der Waals surface area (Å²) in [4.78, 5) is 0. The van der Waals surface area contributed by atoms with Crippen LogP contribution in [-0.4, -0.2) is 13.7 Å². The zero-order valence-electron chi connectivity index (χ0n) is 13.7. The maximum Gasteiger partial charge on any atom is 0.121 e. The first-order valence-electron chi connectivity index (χ1n) is 7.52.